The van der Waals surface area contributed by atoms with Crippen LogP contribution in [0.3, 0.4) is 0 Å². The third-order valence-electron chi connectivity index (χ3n) is 3.27. The topological polar surface area (TPSA) is 59.0 Å². The molecule has 0 unspecified atom stereocenters. The Balaban J connectivity index is 1.76. The maximum Gasteiger partial charge on any atom is 0.335 e. The highest BCUT2D eigenvalue weighted by Crippen LogP contribution is 2.13. The Hall–Kier alpha value is -1.59. The molecule has 1 N–H and O–H groups in total. The molecule has 0 aliphatic carbocycles. The molecule has 5 nitrogen and oxygen atoms in total. The van der Waals surface area contributed by atoms with E-state index in [4.69, 9.17) is 14.6 Å². The van der Waals surface area contributed by atoms with E-state index in [1.54, 1.807) is 24.3 Å². The number of hydrogen-bond donors (Lipinski definition) is 1. The zero-order valence-electron chi connectivity index (χ0n) is 11.9. The molecule has 20 heavy (non-hydrogen) atoms. The average molecular weight is 279 g/mol. The monoisotopic (exact) mass is 279 g/mol. The number of benzene rings is 1. The first-order chi connectivity index (χ1) is 9.54. The third kappa shape index (κ3) is 4.21. The lowest BCUT2D eigenvalue weighted by atomic mass is 10.2. The second-order valence-electron chi connectivity index (χ2n) is 5.19. The summed E-state index contributed by atoms with van der Waals surface area (Å²) < 4.78 is 11.3. The van der Waals surface area contributed by atoms with E-state index in [1.807, 2.05) is 0 Å². The Morgan fingerprint density at radius 1 is 1.30 bits per heavy atom. The van der Waals surface area contributed by atoms with Crippen LogP contribution in [0.5, 0.6) is 5.75 Å². The van der Waals surface area contributed by atoms with E-state index < -0.39 is 5.97 Å². The average Bonchev–Trinajstić information content (AvgIpc) is 2.38. The van der Waals surface area contributed by atoms with Gasteiger partial charge in [0.15, 0.2) is 0 Å². The van der Waals surface area contributed by atoms with Gasteiger partial charge in [-0.2, -0.15) is 0 Å². The summed E-state index contributed by atoms with van der Waals surface area (Å²) in [6.45, 7) is 7.43. The van der Waals surface area contributed by atoms with Crippen LogP contribution in [0.25, 0.3) is 0 Å². The van der Waals surface area contributed by atoms with Gasteiger partial charge in [0, 0.05) is 19.6 Å². The summed E-state index contributed by atoms with van der Waals surface area (Å²) in [6, 6.07) is 6.48. The first kappa shape index (κ1) is 14.8. The van der Waals surface area contributed by atoms with E-state index in [1.165, 1.54) is 0 Å². The van der Waals surface area contributed by atoms with Gasteiger partial charge in [-0.15, -0.1) is 0 Å². The molecular weight excluding hydrogens is 258 g/mol. The Kier molecular flexibility index (Phi) is 4.98. The van der Waals surface area contributed by atoms with Gasteiger partial charge < -0.3 is 14.6 Å². The Morgan fingerprint density at radius 3 is 2.45 bits per heavy atom. The van der Waals surface area contributed by atoms with Crippen molar-refractivity contribution in [2.45, 2.75) is 26.1 Å². The standard InChI is InChI=1S/C15H21NO4/c1-11-9-16(10-12(2)20-11)7-8-19-14-5-3-13(4-6-14)15(17)18/h3-6,11-12H,7-10H2,1-2H3,(H,17,18)/t11-,12+. The lowest BCUT2D eigenvalue weighted by Crippen LogP contribution is -2.46. The molecule has 0 saturated carbocycles. The van der Waals surface area contributed by atoms with Gasteiger partial charge in [0.25, 0.3) is 0 Å². The van der Waals surface area contributed by atoms with Crippen LogP contribution in [0.4, 0.5) is 0 Å². The van der Waals surface area contributed by atoms with Gasteiger partial charge in [0.2, 0.25) is 0 Å². The highest BCUT2D eigenvalue weighted by Gasteiger charge is 2.21. The molecule has 0 amide bonds. The molecule has 2 atom stereocenters. The fraction of sp³-hybridized carbons (Fsp3) is 0.533. The number of carbonyl (C=O) groups is 1. The van der Waals surface area contributed by atoms with Crippen molar-refractivity contribution in [2.75, 3.05) is 26.2 Å². The summed E-state index contributed by atoms with van der Waals surface area (Å²) in [5.74, 6) is -0.225. The quantitative estimate of drug-likeness (QED) is 0.891. The van der Waals surface area contributed by atoms with Crippen molar-refractivity contribution >= 4 is 5.97 Å². The van der Waals surface area contributed by atoms with Crippen LogP contribution < -0.4 is 4.74 Å². The van der Waals surface area contributed by atoms with Crippen LogP contribution in [0.15, 0.2) is 24.3 Å². The van der Waals surface area contributed by atoms with Gasteiger partial charge >= 0.3 is 5.97 Å². The van der Waals surface area contributed by atoms with Crippen molar-refractivity contribution in [2.24, 2.45) is 0 Å². The number of nitrogens with zero attached hydrogens (tertiary/aromatic N) is 1. The molecule has 1 aliphatic rings. The summed E-state index contributed by atoms with van der Waals surface area (Å²) in [5, 5.41) is 8.81. The van der Waals surface area contributed by atoms with Gasteiger partial charge in [0.05, 0.1) is 17.8 Å². The molecule has 0 bridgehead atoms. The minimum Gasteiger partial charge on any atom is -0.492 e. The van der Waals surface area contributed by atoms with E-state index in [0.29, 0.717) is 12.4 Å². The second-order valence-corrected chi connectivity index (χ2v) is 5.19. The zero-order valence-corrected chi connectivity index (χ0v) is 11.9. The second kappa shape index (κ2) is 6.72. The Morgan fingerprint density at radius 2 is 1.90 bits per heavy atom. The highest BCUT2D eigenvalue weighted by atomic mass is 16.5. The number of aromatic carboxylic acids is 1. The SMILES string of the molecule is C[C@@H]1CN(CCOc2ccc(C(=O)O)cc2)C[C@H](C)O1. The van der Waals surface area contributed by atoms with Crippen molar-refractivity contribution in [3.05, 3.63) is 29.8 Å². The summed E-state index contributed by atoms with van der Waals surface area (Å²) in [6.07, 6.45) is 0.516. The lowest BCUT2D eigenvalue weighted by Gasteiger charge is -2.35. The maximum absolute atomic E-state index is 10.7. The maximum atomic E-state index is 10.7. The van der Waals surface area contributed by atoms with Crippen molar-refractivity contribution in [3.8, 4) is 5.75 Å². The minimum absolute atomic E-state index is 0.258. The summed E-state index contributed by atoms with van der Waals surface area (Å²) in [4.78, 5) is 13.1. The molecule has 110 valence electrons. The normalized spacial score (nSPS) is 23.5. The Bertz CT molecular complexity index is 436. The summed E-state index contributed by atoms with van der Waals surface area (Å²) in [5.41, 5.74) is 0.271. The van der Waals surface area contributed by atoms with Crippen LogP contribution >= 0.6 is 0 Å². The molecule has 1 saturated heterocycles. The number of ether oxygens (including phenoxy) is 2. The fourth-order valence-electron chi connectivity index (χ4n) is 2.45. The van der Waals surface area contributed by atoms with Gasteiger partial charge in [0.1, 0.15) is 12.4 Å². The van der Waals surface area contributed by atoms with E-state index in [2.05, 4.69) is 18.7 Å². The van der Waals surface area contributed by atoms with E-state index in [0.717, 1.165) is 19.6 Å². The largest absolute Gasteiger partial charge is 0.492 e. The summed E-state index contributed by atoms with van der Waals surface area (Å²) in [7, 11) is 0. The van der Waals surface area contributed by atoms with Crippen LogP contribution in [0.2, 0.25) is 0 Å². The van der Waals surface area contributed by atoms with Gasteiger partial charge in [-0.25, -0.2) is 4.79 Å². The number of morpholine rings is 1. The molecule has 0 aromatic heterocycles. The van der Waals surface area contributed by atoms with Gasteiger partial charge in [-0.1, -0.05) is 0 Å². The number of carboxylic acids is 1. The van der Waals surface area contributed by atoms with Crippen LogP contribution in [-0.2, 0) is 4.74 Å². The molecule has 1 aromatic rings. The first-order valence-corrected chi connectivity index (χ1v) is 6.88. The molecule has 0 spiro atoms. The number of rotatable bonds is 5. The smallest absolute Gasteiger partial charge is 0.335 e. The third-order valence-corrected chi connectivity index (χ3v) is 3.27. The molecular formula is C15H21NO4. The molecule has 1 fully saturated rings. The first-order valence-electron chi connectivity index (χ1n) is 6.88. The van der Waals surface area contributed by atoms with Crippen molar-refractivity contribution in [1.82, 2.24) is 4.90 Å². The molecule has 1 aliphatic heterocycles. The Labute approximate surface area is 119 Å². The van der Waals surface area contributed by atoms with Crippen molar-refractivity contribution < 1.29 is 19.4 Å². The predicted molar refractivity (Wildman–Crippen MR) is 75.3 cm³/mol. The van der Waals surface area contributed by atoms with Crippen LogP contribution in [0.1, 0.15) is 24.2 Å². The summed E-state index contributed by atoms with van der Waals surface area (Å²) >= 11 is 0. The van der Waals surface area contributed by atoms with E-state index >= 15 is 0 Å². The van der Waals surface area contributed by atoms with E-state index in [-0.39, 0.29) is 17.8 Å². The fourth-order valence-corrected chi connectivity index (χ4v) is 2.45. The molecule has 5 heteroatoms. The minimum atomic E-state index is -0.923. The number of hydrogen-bond acceptors (Lipinski definition) is 4. The molecule has 1 aromatic carbocycles. The van der Waals surface area contributed by atoms with E-state index in [9.17, 15) is 4.79 Å². The van der Waals surface area contributed by atoms with Crippen LogP contribution in [-0.4, -0.2) is 54.4 Å². The molecule has 0 radical (unpaired) electrons. The zero-order chi connectivity index (χ0) is 14.5. The van der Waals surface area contributed by atoms with Crippen LogP contribution in [0, 0.1) is 0 Å². The van der Waals surface area contributed by atoms with Crippen molar-refractivity contribution in [1.29, 1.82) is 0 Å². The molecule has 1 heterocycles. The van der Waals surface area contributed by atoms with Gasteiger partial charge in [-0.3, -0.25) is 4.90 Å². The molecule has 2 rings (SSSR count). The predicted octanol–water partition coefficient (Wildman–Crippen LogP) is 1.87. The van der Waals surface area contributed by atoms with Gasteiger partial charge in [-0.05, 0) is 38.1 Å². The number of carboxylic acid groups (broad SMARTS) is 1. The lowest BCUT2D eigenvalue weighted by molar-refractivity contribution is -0.0699. The van der Waals surface area contributed by atoms with Crippen molar-refractivity contribution in [3.63, 3.8) is 0 Å². The highest BCUT2D eigenvalue weighted by molar-refractivity contribution is 5.87.